The Hall–Kier alpha value is -2.74. The van der Waals surface area contributed by atoms with E-state index in [0.29, 0.717) is 5.16 Å². The maximum Gasteiger partial charge on any atom is 0.354 e. The third-order valence-corrected chi connectivity index (χ3v) is 3.52. The summed E-state index contributed by atoms with van der Waals surface area (Å²) in [6.07, 6.45) is 1.48. The summed E-state index contributed by atoms with van der Waals surface area (Å²) in [6, 6.07) is 12.6. The Morgan fingerprint density at radius 2 is 1.95 bits per heavy atom. The van der Waals surface area contributed by atoms with Gasteiger partial charge in [0.15, 0.2) is 0 Å². The van der Waals surface area contributed by atoms with E-state index >= 15 is 0 Å². The van der Waals surface area contributed by atoms with Crippen LogP contribution in [-0.4, -0.2) is 36.3 Å². The highest BCUT2D eigenvalue weighted by molar-refractivity contribution is 7.99. The van der Waals surface area contributed by atoms with Crippen molar-refractivity contribution >= 4 is 17.7 Å². The van der Waals surface area contributed by atoms with E-state index in [1.54, 1.807) is 10.7 Å². The molecule has 21 heavy (non-hydrogen) atoms. The molecule has 7 nitrogen and oxygen atoms in total. The summed E-state index contributed by atoms with van der Waals surface area (Å²) in [6.45, 7) is 0. The molecule has 2 aromatic heterocycles. The number of carboxylic acid groups (broad SMARTS) is 1. The van der Waals surface area contributed by atoms with E-state index in [0.717, 1.165) is 10.6 Å². The van der Waals surface area contributed by atoms with Gasteiger partial charge >= 0.3 is 5.97 Å². The van der Waals surface area contributed by atoms with Crippen molar-refractivity contribution in [1.29, 1.82) is 0 Å². The first-order valence-corrected chi connectivity index (χ1v) is 6.77. The lowest BCUT2D eigenvalue weighted by molar-refractivity contribution is 0.0690. The average Bonchev–Trinajstić information content (AvgIpc) is 2.97. The van der Waals surface area contributed by atoms with Crippen molar-refractivity contribution in [3.8, 4) is 5.69 Å². The lowest BCUT2D eigenvalue weighted by Crippen LogP contribution is -2.00. The second-order valence-electron chi connectivity index (χ2n) is 4.00. The summed E-state index contributed by atoms with van der Waals surface area (Å²) in [5, 5.41) is 21.0. The molecule has 0 aliphatic rings. The molecule has 0 aliphatic heterocycles. The van der Waals surface area contributed by atoms with Gasteiger partial charge < -0.3 is 5.11 Å². The normalized spacial score (nSPS) is 10.5. The van der Waals surface area contributed by atoms with Gasteiger partial charge in [-0.1, -0.05) is 18.2 Å². The maximum atomic E-state index is 10.8. The zero-order valence-electron chi connectivity index (χ0n) is 10.6. The first kappa shape index (κ1) is 13.3. The molecule has 0 amide bonds. The smallest absolute Gasteiger partial charge is 0.354 e. The van der Waals surface area contributed by atoms with Crippen LogP contribution in [-0.2, 0) is 0 Å². The average molecular weight is 299 g/mol. The van der Waals surface area contributed by atoms with Crippen LogP contribution >= 0.6 is 11.8 Å². The van der Waals surface area contributed by atoms with Crippen molar-refractivity contribution in [3.05, 3.63) is 54.4 Å². The van der Waals surface area contributed by atoms with Crippen molar-refractivity contribution < 1.29 is 9.90 Å². The van der Waals surface area contributed by atoms with Crippen molar-refractivity contribution in [2.45, 2.75) is 10.1 Å². The maximum absolute atomic E-state index is 10.8. The standard InChI is InChI=1S/C13H9N5O2S/c19-12(20)11-7-6-10(8-14-11)21-13-15-16-17-18(13)9-4-2-1-3-5-9/h1-8H,(H,19,20). The van der Waals surface area contributed by atoms with E-state index in [1.165, 1.54) is 24.0 Å². The van der Waals surface area contributed by atoms with Gasteiger partial charge in [0.25, 0.3) is 0 Å². The fourth-order valence-electron chi connectivity index (χ4n) is 1.65. The lowest BCUT2D eigenvalue weighted by Gasteiger charge is -2.03. The van der Waals surface area contributed by atoms with Gasteiger partial charge in [-0.3, -0.25) is 0 Å². The summed E-state index contributed by atoms with van der Waals surface area (Å²) in [7, 11) is 0. The largest absolute Gasteiger partial charge is 0.477 e. The Kier molecular flexibility index (Phi) is 3.61. The number of pyridine rings is 1. The molecule has 0 bridgehead atoms. The summed E-state index contributed by atoms with van der Waals surface area (Å²) >= 11 is 1.31. The fraction of sp³-hybridized carbons (Fsp3) is 0. The van der Waals surface area contributed by atoms with E-state index < -0.39 is 5.97 Å². The molecule has 0 aliphatic carbocycles. The predicted octanol–water partition coefficient (Wildman–Crippen LogP) is 1.91. The summed E-state index contributed by atoms with van der Waals surface area (Å²) < 4.78 is 1.61. The molecular weight excluding hydrogens is 290 g/mol. The predicted molar refractivity (Wildman–Crippen MR) is 74.5 cm³/mol. The highest BCUT2D eigenvalue weighted by atomic mass is 32.2. The molecule has 8 heteroatoms. The van der Waals surface area contributed by atoms with Crippen LogP contribution in [0.25, 0.3) is 5.69 Å². The number of rotatable bonds is 4. The van der Waals surface area contributed by atoms with Crippen LogP contribution < -0.4 is 0 Å². The number of carboxylic acids is 1. The summed E-state index contributed by atoms with van der Waals surface area (Å²) in [5.41, 5.74) is 0.849. The van der Waals surface area contributed by atoms with E-state index in [9.17, 15) is 4.79 Å². The third-order valence-electron chi connectivity index (χ3n) is 2.61. The third kappa shape index (κ3) is 2.90. The number of aromatic nitrogens is 5. The van der Waals surface area contributed by atoms with E-state index in [1.807, 2.05) is 30.3 Å². The van der Waals surface area contributed by atoms with Crippen LogP contribution in [0.5, 0.6) is 0 Å². The molecule has 104 valence electrons. The minimum Gasteiger partial charge on any atom is -0.477 e. The molecule has 2 heterocycles. The van der Waals surface area contributed by atoms with Crippen LogP contribution in [0.1, 0.15) is 10.5 Å². The summed E-state index contributed by atoms with van der Waals surface area (Å²) in [5.74, 6) is -1.05. The molecule has 1 N–H and O–H groups in total. The molecule has 0 saturated carbocycles. The van der Waals surface area contributed by atoms with Gasteiger partial charge in [-0.05, 0) is 46.5 Å². The zero-order valence-corrected chi connectivity index (χ0v) is 11.4. The second kappa shape index (κ2) is 5.71. The highest BCUT2D eigenvalue weighted by Gasteiger charge is 2.11. The van der Waals surface area contributed by atoms with Gasteiger partial charge in [0.2, 0.25) is 5.16 Å². The first-order chi connectivity index (χ1) is 10.2. The topological polar surface area (TPSA) is 93.8 Å². The van der Waals surface area contributed by atoms with Gasteiger partial charge in [-0.25, -0.2) is 9.78 Å². The lowest BCUT2D eigenvalue weighted by atomic mass is 10.3. The van der Waals surface area contributed by atoms with E-state index in [2.05, 4.69) is 20.5 Å². The monoisotopic (exact) mass is 299 g/mol. The molecule has 0 radical (unpaired) electrons. The van der Waals surface area contributed by atoms with Gasteiger partial charge in [-0.15, -0.1) is 5.10 Å². The number of tetrazole rings is 1. The van der Waals surface area contributed by atoms with Gasteiger partial charge in [0, 0.05) is 11.1 Å². The van der Waals surface area contributed by atoms with Crippen LogP contribution in [0.3, 0.4) is 0 Å². The Bertz CT molecular complexity index is 758. The molecule has 0 unspecified atom stereocenters. The van der Waals surface area contributed by atoms with Gasteiger partial charge in [0.05, 0.1) is 5.69 Å². The molecule has 0 saturated heterocycles. The SMILES string of the molecule is O=C(O)c1ccc(Sc2nnnn2-c2ccccc2)cn1. The minimum absolute atomic E-state index is 0.00185. The Morgan fingerprint density at radius 1 is 1.14 bits per heavy atom. The van der Waals surface area contributed by atoms with Crippen LogP contribution in [0, 0.1) is 0 Å². The fourth-order valence-corrected chi connectivity index (χ4v) is 2.40. The van der Waals surface area contributed by atoms with Crippen LogP contribution in [0.15, 0.2) is 58.7 Å². The number of para-hydroxylation sites is 1. The molecule has 1 aromatic carbocycles. The molecule has 0 spiro atoms. The summed E-state index contributed by atoms with van der Waals surface area (Å²) in [4.78, 5) is 15.4. The molecule has 3 aromatic rings. The Labute approximate surface area is 123 Å². The molecule has 3 rings (SSSR count). The minimum atomic E-state index is -1.05. The highest BCUT2D eigenvalue weighted by Crippen LogP contribution is 2.26. The number of benzene rings is 1. The first-order valence-electron chi connectivity index (χ1n) is 5.95. The molecule has 0 atom stereocenters. The van der Waals surface area contributed by atoms with Crippen molar-refractivity contribution in [2.24, 2.45) is 0 Å². The molecule has 0 fully saturated rings. The number of nitrogens with zero attached hydrogens (tertiary/aromatic N) is 5. The van der Waals surface area contributed by atoms with Crippen LogP contribution in [0.2, 0.25) is 0 Å². The molecular formula is C13H9N5O2S. The zero-order chi connectivity index (χ0) is 14.7. The Balaban J connectivity index is 1.86. The number of carbonyl (C=O) groups is 1. The van der Waals surface area contributed by atoms with Gasteiger partial charge in [-0.2, -0.15) is 4.68 Å². The van der Waals surface area contributed by atoms with Gasteiger partial charge in [0.1, 0.15) is 5.69 Å². The Morgan fingerprint density at radius 3 is 2.62 bits per heavy atom. The van der Waals surface area contributed by atoms with Crippen molar-refractivity contribution in [3.63, 3.8) is 0 Å². The van der Waals surface area contributed by atoms with E-state index in [4.69, 9.17) is 5.11 Å². The number of hydrogen-bond donors (Lipinski definition) is 1. The second-order valence-corrected chi connectivity index (χ2v) is 5.04. The van der Waals surface area contributed by atoms with Crippen LogP contribution in [0.4, 0.5) is 0 Å². The van der Waals surface area contributed by atoms with Crippen molar-refractivity contribution in [2.75, 3.05) is 0 Å². The quantitative estimate of drug-likeness (QED) is 0.786. The number of aromatic carboxylic acids is 1. The van der Waals surface area contributed by atoms with Crippen molar-refractivity contribution in [1.82, 2.24) is 25.2 Å². The number of hydrogen-bond acceptors (Lipinski definition) is 6. The van der Waals surface area contributed by atoms with E-state index in [-0.39, 0.29) is 5.69 Å².